The monoisotopic (exact) mass is 106 g/mol. The molecule has 1 heterocycles. The van der Waals surface area contributed by atoms with Gasteiger partial charge >= 0.3 is 0 Å². The van der Waals surface area contributed by atoms with Crippen LogP contribution in [0, 0.1) is 0 Å². The molecule has 0 aliphatic rings. The lowest BCUT2D eigenvalue weighted by Crippen LogP contribution is -1.90. The Morgan fingerprint density at radius 3 is 2.38 bits per heavy atom. The summed E-state index contributed by atoms with van der Waals surface area (Å²) in [6.45, 7) is 0. The van der Waals surface area contributed by atoms with E-state index in [4.69, 9.17) is 0 Å². The van der Waals surface area contributed by atoms with E-state index in [1.54, 1.807) is 12.4 Å². The Morgan fingerprint density at radius 2 is 2.00 bits per heavy atom. The van der Waals surface area contributed by atoms with Crippen LogP contribution in [0.5, 0.6) is 0 Å². The van der Waals surface area contributed by atoms with E-state index in [2.05, 4.69) is 9.97 Å². The Balaban J connectivity index is 2.83. The number of nitrogens with zero attached hydrogens (tertiary/aromatic N) is 2. The first-order valence-corrected chi connectivity index (χ1v) is 2.69. The van der Waals surface area contributed by atoms with Gasteiger partial charge in [0.25, 0.3) is 0 Å². The maximum absolute atomic E-state index is 3.99. The highest BCUT2D eigenvalue weighted by molar-refractivity contribution is 6.07. The lowest BCUT2D eigenvalue weighted by Gasteiger charge is -1.87. The van der Waals surface area contributed by atoms with E-state index in [9.17, 15) is 0 Å². The molecule has 0 saturated heterocycles. The van der Waals surface area contributed by atoms with Crippen molar-refractivity contribution in [2.45, 2.75) is 6.32 Å². The zero-order valence-electron chi connectivity index (χ0n) is 4.83. The molecular weight excluding hydrogens is 98.9 g/mol. The van der Waals surface area contributed by atoms with Crippen LogP contribution in [0.25, 0.3) is 0 Å². The van der Waals surface area contributed by atoms with Crippen LogP contribution < -0.4 is 0 Å². The van der Waals surface area contributed by atoms with Crippen molar-refractivity contribution in [3.05, 3.63) is 24.3 Å². The minimum Gasteiger partial charge on any atom is -0.242 e. The Kier molecular flexibility index (Phi) is 1.62. The highest BCUT2D eigenvalue weighted by Gasteiger charge is 1.83. The highest BCUT2D eigenvalue weighted by Crippen LogP contribution is 1.82. The van der Waals surface area contributed by atoms with E-state index in [1.807, 2.05) is 13.9 Å². The molecule has 0 N–H and O–H groups in total. The molecule has 0 fully saturated rings. The first kappa shape index (κ1) is 5.28. The predicted octanol–water partition coefficient (Wildman–Crippen LogP) is -0.390. The summed E-state index contributed by atoms with van der Waals surface area (Å²) in [4.78, 5) is 7.97. The van der Waals surface area contributed by atoms with Crippen LogP contribution in [0.1, 0.15) is 5.82 Å². The van der Waals surface area contributed by atoms with Gasteiger partial charge in [0.2, 0.25) is 0 Å². The smallest absolute Gasteiger partial charge is 0.120 e. The van der Waals surface area contributed by atoms with Gasteiger partial charge < -0.3 is 0 Å². The molecular formula is C5H7BN2. The predicted molar refractivity (Wildman–Crippen MR) is 34.3 cm³/mol. The summed E-state index contributed by atoms with van der Waals surface area (Å²) in [5, 5.41) is 0. The van der Waals surface area contributed by atoms with Crippen LogP contribution >= 0.6 is 0 Å². The molecule has 0 radical (unpaired) electrons. The fraction of sp³-hybridized carbons (Fsp3) is 0.200. The molecule has 0 saturated carbocycles. The lowest BCUT2D eigenvalue weighted by molar-refractivity contribution is 1.03. The van der Waals surface area contributed by atoms with E-state index in [0.29, 0.717) is 0 Å². The minimum absolute atomic E-state index is 0.910. The van der Waals surface area contributed by atoms with E-state index in [-0.39, 0.29) is 0 Å². The summed E-state index contributed by atoms with van der Waals surface area (Å²) in [5.74, 6) is 0.910. The molecule has 3 heteroatoms. The van der Waals surface area contributed by atoms with Crippen molar-refractivity contribution in [3.8, 4) is 0 Å². The van der Waals surface area contributed by atoms with Gasteiger partial charge in [-0.15, -0.1) is 0 Å². The molecule has 1 aromatic heterocycles. The molecule has 0 aromatic carbocycles. The SMILES string of the molecule is BCc1ncccn1. The molecule has 0 unspecified atom stereocenters. The fourth-order valence-electron chi connectivity index (χ4n) is 0.513. The van der Waals surface area contributed by atoms with Gasteiger partial charge in [0.05, 0.1) is 0 Å². The van der Waals surface area contributed by atoms with Crippen molar-refractivity contribution >= 4 is 7.85 Å². The molecule has 0 atom stereocenters. The van der Waals surface area contributed by atoms with Crippen molar-refractivity contribution in [3.63, 3.8) is 0 Å². The molecule has 0 aliphatic carbocycles. The summed E-state index contributed by atoms with van der Waals surface area (Å²) in [7, 11) is 2.04. The second kappa shape index (κ2) is 2.45. The third kappa shape index (κ3) is 1.06. The number of hydrogen-bond donors (Lipinski definition) is 0. The molecule has 1 rings (SSSR count). The average Bonchev–Trinajstić information content (AvgIpc) is 1.90. The third-order valence-corrected chi connectivity index (χ3v) is 0.935. The van der Waals surface area contributed by atoms with Crippen LogP contribution in [-0.2, 0) is 6.32 Å². The summed E-state index contributed by atoms with van der Waals surface area (Å²) in [5.41, 5.74) is 0. The molecule has 0 aliphatic heterocycles. The summed E-state index contributed by atoms with van der Waals surface area (Å²) < 4.78 is 0. The molecule has 0 spiro atoms. The second-order valence-corrected chi connectivity index (χ2v) is 1.52. The quantitative estimate of drug-likeness (QED) is 0.455. The Hall–Kier alpha value is -0.855. The van der Waals surface area contributed by atoms with Gasteiger partial charge in [-0.05, 0) is 12.4 Å². The van der Waals surface area contributed by atoms with Gasteiger partial charge in [-0.2, -0.15) is 0 Å². The van der Waals surface area contributed by atoms with E-state index < -0.39 is 0 Å². The van der Waals surface area contributed by atoms with E-state index >= 15 is 0 Å². The van der Waals surface area contributed by atoms with Crippen molar-refractivity contribution in [1.82, 2.24) is 9.97 Å². The number of aromatic nitrogens is 2. The van der Waals surface area contributed by atoms with Crippen LogP contribution in [0.2, 0.25) is 0 Å². The topological polar surface area (TPSA) is 25.8 Å². The highest BCUT2D eigenvalue weighted by atomic mass is 14.8. The fourth-order valence-corrected chi connectivity index (χ4v) is 0.513. The molecule has 0 bridgehead atoms. The zero-order chi connectivity index (χ0) is 5.82. The van der Waals surface area contributed by atoms with Gasteiger partial charge in [-0.1, -0.05) is 0 Å². The van der Waals surface area contributed by atoms with Crippen LogP contribution in [0.15, 0.2) is 18.5 Å². The third-order valence-electron chi connectivity index (χ3n) is 0.935. The first-order chi connectivity index (χ1) is 3.93. The standard InChI is InChI=1S/C5H7BN2/c6-4-5-7-2-1-3-8-5/h1-3H,4,6H2. The molecule has 2 nitrogen and oxygen atoms in total. The second-order valence-electron chi connectivity index (χ2n) is 1.52. The number of hydrogen-bond acceptors (Lipinski definition) is 2. The Labute approximate surface area is 49.4 Å². The molecule has 8 heavy (non-hydrogen) atoms. The van der Waals surface area contributed by atoms with Gasteiger partial charge in [0.15, 0.2) is 0 Å². The van der Waals surface area contributed by atoms with Crippen molar-refractivity contribution < 1.29 is 0 Å². The van der Waals surface area contributed by atoms with Crippen molar-refractivity contribution in [2.24, 2.45) is 0 Å². The van der Waals surface area contributed by atoms with Gasteiger partial charge in [-0.25, -0.2) is 9.97 Å². The normalized spacial score (nSPS) is 9.00. The van der Waals surface area contributed by atoms with Gasteiger partial charge in [-0.3, -0.25) is 0 Å². The summed E-state index contributed by atoms with van der Waals surface area (Å²) in [6.07, 6.45) is 4.43. The molecule has 1 aromatic rings. The van der Waals surface area contributed by atoms with Gasteiger partial charge in [0, 0.05) is 12.4 Å². The van der Waals surface area contributed by atoms with Gasteiger partial charge in [0.1, 0.15) is 13.7 Å². The molecule has 0 amide bonds. The summed E-state index contributed by atoms with van der Waals surface area (Å²) >= 11 is 0. The zero-order valence-corrected chi connectivity index (χ0v) is 4.83. The van der Waals surface area contributed by atoms with E-state index in [0.717, 1.165) is 12.1 Å². The van der Waals surface area contributed by atoms with E-state index in [1.165, 1.54) is 0 Å². The van der Waals surface area contributed by atoms with Crippen LogP contribution in [-0.4, -0.2) is 17.8 Å². The Bertz CT molecular complexity index is 152. The maximum atomic E-state index is 3.99. The largest absolute Gasteiger partial charge is 0.242 e. The van der Waals surface area contributed by atoms with Crippen LogP contribution in [0.3, 0.4) is 0 Å². The first-order valence-electron chi connectivity index (χ1n) is 2.69. The molecule has 40 valence electrons. The summed E-state index contributed by atoms with van der Waals surface area (Å²) in [6, 6.07) is 1.82. The average molecular weight is 106 g/mol. The van der Waals surface area contributed by atoms with Crippen molar-refractivity contribution in [2.75, 3.05) is 0 Å². The maximum Gasteiger partial charge on any atom is 0.120 e. The number of rotatable bonds is 1. The Morgan fingerprint density at radius 1 is 1.38 bits per heavy atom. The lowest BCUT2D eigenvalue weighted by atomic mass is 10.1. The van der Waals surface area contributed by atoms with Crippen molar-refractivity contribution in [1.29, 1.82) is 0 Å². The minimum atomic E-state index is 0.910. The van der Waals surface area contributed by atoms with Crippen LogP contribution in [0.4, 0.5) is 0 Å².